The van der Waals surface area contributed by atoms with Crippen LogP contribution in [0.5, 0.6) is 0 Å². The first-order valence-electron chi connectivity index (χ1n) is 13.3. The van der Waals surface area contributed by atoms with Crippen molar-refractivity contribution in [3.63, 3.8) is 0 Å². The summed E-state index contributed by atoms with van der Waals surface area (Å²) in [6.45, 7) is 3.05. The van der Waals surface area contributed by atoms with Crippen LogP contribution in [0.1, 0.15) is 43.7 Å². The molecule has 0 aromatic heterocycles. The molecule has 1 N–H and O–H groups in total. The Hall–Kier alpha value is -2.59. The highest BCUT2D eigenvalue weighted by Crippen LogP contribution is 2.30. The third kappa shape index (κ3) is 8.03. The fourth-order valence-electron chi connectivity index (χ4n) is 4.86. The summed E-state index contributed by atoms with van der Waals surface area (Å²) in [5.41, 5.74) is 1.81. The van der Waals surface area contributed by atoms with E-state index >= 15 is 0 Å². The molecule has 2 amide bonds. The molecule has 0 saturated heterocycles. The summed E-state index contributed by atoms with van der Waals surface area (Å²) in [6, 6.07) is 17.4. The van der Waals surface area contributed by atoms with Gasteiger partial charge in [0, 0.05) is 27.1 Å². The van der Waals surface area contributed by atoms with Crippen LogP contribution in [0, 0.1) is 6.92 Å². The lowest BCUT2D eigenvalue weighted by Gasteiger charge is -2.32. The molecule has 1 aliphatic rings. The van der Waals surface area contributed by atoms with Gasteiger partial charge in [0.25, 0.3) is 10.0 Å². The quantitative estimate of drug-likeness (QED) is 0.257. The SMILES string of the molecule is Cc1ccc(S(=O)(=O)N(CC(=O)N(Cc2cccc(Br)c2)[C@H](C)C(=O)NC2CCCC2)c2cc(Cl)cc(Cl)c2)cc1. The molecule has 0 bridgehead atoms. The van der Waals surface area contributed by atoms with Gasteiger partial charge < -0.3 is 10.2 Å². The highest BCUT2D eigenvalue weighted by Gasteiger charge is 2.33. The number of anilines is 1. The Balaban J connectivity index is 1.71. The van der Waals surface area contributed by atoms with Crippen molar-refractivity contribution in [1.29, 1.82) is 0 Å². The molecule has 1 aliphatic carbocycles. The monoisotopic (exact) mass is 679 g/mol. The minimum Gasteiger partial charge on any atom is -0.352 e. The lowest BCUT2D eigenvalue weighted by atomic mass is 10.1. The Kier molecular flexibility index (Phi) is 10.4. The molecule has 1 fully saturated rings. The number of aryl methyl sites for hydroxylation is 1. The van der Waals surface area contributed by atoms with Crippen molar-refractivity contribution in [1.82, 2.24) is 10.2 Å². The number of nitrogens with one attached hydrogen (secondary N) is 1. The van der Waals surface area contributed by atoms with Crippen LogP contribution in [0.3, 0.4) is 0 Å². The molecule has 0 aliphatic heterocycles. The summed E-state index contributed by atoms with van der Waals surface area (Å²) >= 11 is 16.0. The molecule has 1 atom stereocenters. The fourth-order valence-corrected chi connectivity index (χ4v) is 7.22. The summed E-state index contributed by atoms with van der Waals surface area (Å²) in [5, 5.41) is 3.51. The molecule has 11 heteroatoms. The van der Waals surface area contributed by atoms with E-state index in [0.29, 0.717) is 0 Å². The number of rotatable bonds is 10. The van der Waals surface area contributed by atoms with E-state index in [1.54, 1.807) is 19.1 Å². The second-order valence-corrected chi connectivity index (χ2v) is 13.9. The van der Waals surface area contributed by atoms with Crippen molar-refractivity contribution in [3.8, 4) is 0 Å². The van der Waals surface area contributed by atoms with Gasteiger partial charge in [-0.05, 0) is 74.7 Å². The van der Waals surface area contributed by atoms with Crippen LogP contribution < -0.4 is 9.62 Å². The van der Waals surface area contributed by atoms with Crippen LogP contribution in [0.2, 0.25) is 10.0 Å². The van der Waals surface area contributed by atoms with Gasteiger partial charge in [-0.3, -0.25) is 13.9 Å². The Bertz CT molecular complexity index is 1490. The molecule has 218 valence electrons. The first-order valence-corrected chi connectivity index (χ1v) is 16.3. The molecule has 0 heterocycles. The number of hydrogen-bond acceptors (Lipinski definition) is 4. The molecule has 4 rings (SSSR count). The van der Waals surface area contributed by atoms with Crippen molar-refractivity contribution in [3.05, 3.63) is 92.4 Å². The van der Waals surface area contributed by atoms with E-state index in [2.05, 4.69) is 21.2 Å². The Labute approximate surface area is 260 Å². The van der Waals surface area contributed by atoms with Crippen molar-refractivity contribution < 1.29 is 18.0 Å². The van der Waals surface area contributed by atoms with E-state index in [1.807, 2.05) is 31.2 Å². The number of carbonyl (C=O) groups is 2. The van der Waals surface area contributed by atoms with E-state index in [0.717, 1.165) is 45.6 Å². The first-order chi connectivity index (χ1) is 19.4. The van der Waals surface area contributed by atoms with Gasteiger partial charge in [-0.2, -0.15) is 0 Å². The zero-order chi connectivity index (χ0) is 29.7. The summed E-state index contributed by atoms with van der Waals surface area (Å²) in [7, 11) is -4.22. The summed E-state index contributed by atoms with van der Waals surface area (Å²) in [5.74, 6) is -0.829. The highest BCUT2D eigenvalue weighted by atomic mass is 79.9. The average molecular weight is 681 g/mol. The molecule has 3 aromatic carbocycles. The van der Waals surface area contributed by atoms with Gasteiger partial charge >= 0.3 is 0 Å². The maximum absolute atomic E-state index is 14.1. The second kappa shape index (κ2) is 13.6. The van der Waals surface area contributed by atoms with Crippen molar-refractivity contribution in [2.75, 3.05) is 10.8 Å². The van der Waals surface area contributed by atoms with Crippen molar-refractivity contribution in [2.45, 2.75) is 63.1 Å². The molecule has 0 radical (unpaired) electrons. The second-order valence-electron chi connectivity index (χ2n) is 10.3. The normalized spacial score (nSPS) is 14.5. The molecule has 0 unspecified atom stereocenters. The molecule has 7 nitrogen and oxygen atoms in total. The predicted molar refractivity (Wildman–Crippen MR) is 167 cm³/mol. The third-order valence-corrected chi connectivity index (χ3v) is 9.85. The van der Waals surface area contributed by atoms with E-state index in [4.69, 9.17) is 23.2 Å². The Morgan fingerprint density at radius 2 is 1.63 bits per heavy atom. The van der Waals surface area contributed by atoms with Gasteiger partial charge in [-0.1, -0.05) is 81.8 Å². The van der Waals surface area contributed by atoms with E-state index in [9.17, 15) is 18.0 Å². The largest absolute Gasteiger partial charge is 0.352 e. The van der Waals surface area contributed by atoms with Crippen LogP contribution in [-0.4, -0.2) is 43.8 Å². The lowest BCUT2D eigenvalue weighted by molar-refractivity contribution is -0.139. The first kappa shape index (κ1) is 31.3. The number of halogens is 3. The van der Waals surface area contributed by atoms with E-state index in [1.165, 1.54) is 35.2 Å². The van der Waals surface area contributed by atoms with Crippen LogP contribution in [0.15, 0.2) is 76.1 Å². The van der Waals surface area contributed by atoms with Crippen LogP contribution in [-0.2, 0) is 26.2 Å². The maximum atomic E-state index is 14.1. The molecule has 41 heavy (non-hydrogen) atoms. The summed E-state index contributed by atoms with van der Waals surface area (Å²) in [6.07, 6.45) is 3.90. The summed E-state index contributed by atoms with van der Waals surface area (Å²) in [4.78, 5) is 28.8. The van der Waals surface area contributed by atoms with E-state index in [-0.39, 0.29) is 39.1 Å². The number of nitrogens with zero attached hydrogens (tertiary/aromatic N) is 2. The zero-order valence-electron chi connectivity index (χ0n) is 22.8. The van der Waals surface area contributed by atoms with Crippen LogP contribution in [0.4, 0.5) is 5.69 Å². The number of hydrogen-bond donors (Lipinski definition) is 1. The summed E-state index contributed by atoms with van der Waals surface area (Å²) < 4.78 is 29.7. The van der Waals surface area contributed by atoms with Crippen molar-refractivity contribution >= 4 is 66.7 Å². The topological polar surface area (TPSA) is 86.8 Å². The number of carbonyl (C=O) groups excluding carboxylic acids is 2. The maximum Gasteiger partial charge on any atom is 0.264 e. The van der Waals surface area contributed by atoms with Crippen LogP contribution in [0.25, 0.3) is 0 Å². The van der Waals surface area contributed by atoms with Crippen molar-refractivity contribution in [2.24, 2.45) is 0 Å². The lowest BCUT2D eigenvalue weighted by Crippen LogP contribution is -2.52. The zero-order valence-corrected chi connectivity index (χ0v) is 26.7. The van der Waals surface area contributed by atoms with Gasteiger partial charge in [0.15, 0.2) is 0 Å². The smallest absolute Gasteiger partial charge is 0.264 e. The Morgan fingerprint density at radius 3 is 2.24 bits per heavy atom. The van der Waals surface area contributed by atoms with Gasteiger partial charge in [0.2, 0.25) is 11.8 Å². The van der Waals surface area contributed by atoms with E-state index < -0.39 is 28.5 Å². The Morgan fingerprint density at radius 1 is 1.00 bits per heavy atom. The molecular formula is C30H32BrCl2N3O4S. The molecule has 3 aromatic rings. The minimum atomic E-state index is -4.22. The standard InChI is InChI=1S/C30H32BrCl2N3O4S/c1-20-10-12-28(13-11-20)41(39,40)36(27-16-24(32)15-25(33)17-27)19-29(37)35(18-22-6-5-7-23(31)14-22)21(2)30(38)34-26-8-3-4-9-26/h5-7,10-17,21,26H,3-4,8-9,18-19H2,1-2H3,(H,34,38)/t21-/m1/s1. The van der Waals surface area contributed by atoms with Gasteiger partial charge in [-0.15, -0.1) is 0 Å². The van der Waals surface area contributed by atoms with Gasteiger partial charge in [-0.25, -0.2) is 8.42 Å². The number of amides is 2. The number of benzene rings is 3. The predicted octanol–water partition coefficient (Wildman–Crippen LogP) is 6.74. The molecule has 0 spiro atoms. The molecular weight excluding hydrogens is 649 g/mol. The van der Waals surface area contributed by atoms with Crippen LogP contribution >= 0.6 is 39.1 Å². The van der Waals surface area contributed by atoms with Gasteiger partial charge in [0.05, 0.1) is 10.6 Å². The highest BCUT2D eigenvalue weighted by molar-refractivity contribution is 9.10. The molecule has 1 saturated carbocycles. The third-order valence-electron chi connectivity index (χ3n) is 7.13. The average Bonchev–Trinajstić information content (AvgIpc) is 3.42. The van der Waals surface area contributed by atoms with Gasteiger partial charge in [0.1, 0.15) is 12.6 Å². The minimum absolute atomic E-state index is 0.0116. The number of sulfonamides is 1. The fraction of sp³-hybridized carbons (Fsp3) is 0.333.